The van der Waals surface area contributed by atoms with Gasteiger partial charge in [0.2, 0.25) is 0 Å². The number of piperidine rings is 1. The molecule has 0 amide bonds. The molecule has 2 aromatic carbocycles. The van der Waals surface area contributed by atoms with Gasteiger partial charge in [-0.3, -0.25) is 4.90 Å². The molecule has 1 fully saturated rings. The fourth-order valence-corrected chi connectivity index (χ4v) is 5.04. The average Bonchev–Trinajstić information content (AvgIpc) is 3.27. The summed E-state index contributed by atoms with van der Waals surface area (Å²) < 4.78 is 1.32. The number of fused-ring (bicyclic) bond motifs is 2. The summed E-state index contributed by atoms with van der Waals surface area (Å²) in [4.78, 5) is 10.8. The minimum Gasteiger partial charge on any atom is -0.361 e. The van der Waals surface area contributed by atoms with Gasteiger partial charge in [-0.1, -0.05) is 30.3 Å². The smallest absolute Gasteiger partial charge is 0.0970 e. The molecule has 0 aliphatic carbocycles. The molecule has 5 rings (SSSR count). The van der Waals surface area contributed by atoms with Gasteiger partial charge in [0.1, 0.15) is 0 Å². The standard InChI is InChI=1S/C21H21N3S/c1-2-6-18-17(5-1)16(13-22-18)14-24-11-9-15(10-12-24)21-23-19-7-3-4-8-20(19)25-21/h1-8,13,15,22H,9-12,14H2. The van der Waals surface area contributed by atoms with Gasteiger partial charge in [0.25, 0.3) is 0 Å². The van der Waals surface area contributed by atoms with E-state index < -0.39 is 0 Å². The number of thiazole rings is 1. The maximum atomic E-state index is 4.87. The van der Waals surface area contributed by atoms with E-state index in [-0.39, 0.29) is 0 Å². The molecule has 2 aromatic heterocycles. The number of nitrogens with one attached hydrogen (secondary N) is 1. The van der Waals surface area contributed by atoms with Crippen LogP contribution in [0.1, 0.15) is 29.3 Å². The van der Waals surface area contributed by atoms with Gasteiger partial charge in [0, 0.05) is 29.6 Å². The van der Waals surface area contributed by atoms with E-state index in [4.69, 9.17) is 4.98 Å². The quantitative estimate of drug-likeness (QED) is 0.555. The molecule has 1 saturated heterocycles. The van der Waals surface area contributed by atoms with Crippen molar-refractivity contribution in [1.82, 2.24) is 14.9 Å². The highest BCUT2D eigenvalue weighted by molar-refractivity contribution is 7.18. The van der Waals surface area contributed by atoms with Crippen LogP contribution in [0.15, 0.2) is 54.7 Å². The molecule has 1 aliphatic heterocycles. The summed E-state index contributed by atoms with van der Waals surface area (Å²) in [5.74, 6) is 0.622. The van der Waals surface area contributed by atoms with E-state index in [1.807, 2.05) is 11.3 Å². The van der Waals surface area contributed by atoms with Gasteiger partial charge in [0.05, 0.1) is 15.2 Å². The van der Waals surface area contributed by atoms with E-state index in [1.165, 1.54) is 39.0 Å². The van der Waals surface area contributed by atoms with Crippen molar-refractivity contribution in [3.63, 3.8) is 0 Å². The number of rotatable bonds is 3. The van der Waals surface area contributed by atoms with Crippen LogP contribution in [0.3, 0.4) is 0 Å². The first-order valence-corrected chi connectivity index (χ1v) is 9.81. The number of nitrogens with zero attached hydrogens (tertiary/aromatic N) is 2. The minimum absolute atomic E-state index is 0.622. The van der Waals surface area contributed by atoms with Crippen molar-refractivity contribution < 1.29 is 0 Å². The van der Waals surface area contributed by atoms with E-state index in [9.17, 15) is 0 Å². The number of hydrogen-bond donors (Lipinski definition) is 1. The van der Waals surface area contributed by atoms with Gasteiger partial charge < -0.3 is 4.98 Å². The Kier molecular flexibility index (Phi) is 3.80. The van der Waals surface area contributed by atoms with Crippen LogP contribution in [0, 0.1) is 0 Å². The second-order valence-corrected chi connectivity index (χ2v) is 7.99. The van der Waals surface area contributed by atoms with Gasteiger partial charge in [-0.2, -0.15) is 0 Å². The zero-order valence-electron chi connectivity index (χ0n) is 14.1. The summed E-state index contributed by atoms with van der Waals surface area (Å²) in [7, 11) is 0. The normalized spacial score (nSPS) is 16.8. The van der Waals surface area contributed by atoms with Crippen LogP contribution < -0.4 is 0 Å². The third-order valence-electron chi connectivity index (χ3n) is 5.32. The van der Waals surface area contributed by atoms with E-state index in [0.717, 1.165) is 25.2 Å². The first kappa shape index (κ1) is 15.1. The summed E-state index contributed by atoms with van der Waals surface area (Å²) in [6, 6.07) is 17.1. The number of benzene rings is 2. The fraction of sp³-hybridized carbons (Fsp3) is 0.286. The van der Waals surface area contributed by atoms with Crippen molar-refractivity contribution in [1.29, 1.82) is 0 Å². The van der Waals surface area contributed by atoms with Gasteiger partial charge in [0.15, 0.2) is 0 Å². The van der Waals surface area contributed by atoms with Gasteiger partial charge >= 0.3 is 0 Å². The molecule has 1 N–H and O–H groups in total. The van der Waals surface area contributed by atoms with Crippen LogP contribution in [-0.4, -0.2) is 28.0 Å². The van der Waals surface area contributed by atoms with Crippen molar-refractivity contribution in [2.24, 2.45) is 0 Å². The van der Waals surface area contributed by atoms with Crippen LogP contribution in [0.2, 0.25) is 0 Å². The van der Waals surface area contributed by atoms with Crippen molar-refractivity contribution in [2.75, 3.05) is 13.1 Å². The molecule has 0 bridgehead atoms. The van der Waals surface area contributed by atoms with Crippen molar-refractivity contribution in [2.45, 2.75) is 25.3 Å². The Balaban J connectivity index is 1.28. The lowest BCUT2D eigenvalue weighted by Gasteiger charge is -2.30. The first-order valence-electron chi connectivity index (χ1n) is 8.99. The van der Waals surface area contributed by atoms with Crippen LogP contribution in [0.25, 0.3) is 21.1 Å². The Hall–Kier alpha value is -2.17. The Bertz CT molecular complexity index is 975. The molecule has 0 atom stereocenters. The fourth-order valence-electron chi connectivity index (χ4n) is 3.91. The Morgan fingerprint density at radius 1 is 1.04 bits per heavy atom. The highest BCUT2D eigenvalue weighted by atomic mass is 32.1. The second-order valence-electron chi connectivity index (χ2n) is 6.93. The monoisotopic (exact) mass is 347 g/mol. The predicted molar refractivity (Wildman–Crippen MR) is 105 cm³/mol. The van der Waals surface area contributed by atoms with Crippen LogP contribution >= 0.6 is 11.3 Å². The summed E-state index contributed by atoms with van der Waals surface area (Å²) in [6.07, 6.45) is 4.59. The van der Waals surface area contributed by atoms with Gasteiger partial charge in [-0.15, -0.1) is 11.3 Å². The first-order chi connectivity index (χ1) is 12.4. The highest BCUT2D eigenvalue weighted by Crippen LogP contribution is 2.34. The molecule has 4 aromatic rings. The average molecular weight is 347 g/mol. The minimum atomic E-state index is 0.622. The molecule has 25 heavy (non-hydrogen) atoms. The lowest BCUT2D eigenvalue weighted by Crippen LogP contribution is -2.32. The predicted octanol–water partition coefficient (Wildman–Crippen LogP) is 5.16. The summed E-state index contributed by atoms with van der Waals surface area (Å²) in [6.45, 7) is 3.34. The van der Waals surface area contributed by atoms with Crippen LogP contribution in [0.5, 0.6) is 0 Å². The second kappa shape index (κ2) is 6.28. The molecule has 0 radical (unpaired) electrons. The maximum absolute atomic E-state index is 4.87. The Labute approximate surface area is 151 Å². The third-order valence-corrected chi connectivity index (χ3v) is 6.52. The lowest BCUT2D eigenvalue weighted by atomic mass is 9.97. The number of likely N-dealkylation sites (tertiary alicyclic amines) is 1. The number of aromatic amines is 1. The number of H-pyrrole nitrogens is 1. The van der Waals surface area contributed by atoms with E-state index >= 15 is 0 Å². The molecule has 1 aliphatic rings. The molecule has 0 saturated carbocycles. The molecule has 4 heteroatoms. The van der Waals surface area contributed by atoms with E-state index in [1.54, 1.807) is 0 Å². The number of hydrogen-bond acceptors (Lipinski definition) is 3. The van der Waals surface area contributed by atoms with Crippen molar-refractivity contribution >= 4 is 32.5 Å². The van der Waals surface area contributed by atoms with E-state index in [0.29, 0.717) is 5.92 Å². The Morgan fingerprint density at radius 2 is 1.84 bits per heavy atom. The summed E-state index contributed by atoms with van der Waals surface area (Å²) in [5.41, 5.74) is 3.81. The third kappa shape index (κ3) is 2.86. The van der Waals surface area contributed by atoms with Crippen molar-refractivity contribution in [3.8, 4) is 0 Å². The molecular formula is C21H21N3S. The maximum Gasteiger partial charge on any atom is 0.0970 e. The largest absolute Gasteiger partial charge is 0.361 e. The molecule has 126 valence electrons. The Morgan fingerprint density at radius 3 is 2.72 bits per heavy atom. The van der Waals surface area contributed by atoms with Crippen molar-refractivity contribution in [3.05, 3.63) is 65.3 Å². The van der Waals surface area contributed by atoms with E-state index in [2.05, 4.69) is 64.6 Å². The highest BCUT2D eigenvalue weighted by Gasteiger charge is 2.23. The van der Waals surface area contributed by atoms with Gasteiger partial charge in [-0.25, -0.2) is 4.98 Å². The molecule has 0 spiro atoms. The molecule has 0 unspecified atom stereocenters. The zero-order chi connectivity index (χ0) is 16.6. The number of para-hydroxylation sites is 2. The zero-order valence-corrected chi connectivity index (χ0v) is 14.9. The summed E-state index contributed by atoms with van der Waals surface area (Å²) in [5, 5.41) is 2.68. The molecule has 3 nitrogen and oxygen atoms in total. The SMILES string of the molecule is c1ccc2sc(C3CCN(Cc4c[nH]c5ccccc45)CC3)nc2c1. The van der Waals surface area contributed by atoms with Crippen LogP contribution in [0.4, 0.5) is 0 Å². The lowest BCUT2D eigenvalue weighted by molar-refractivity contribution is 0.205. The number of aromatic nitrogens is 2. The van der Waals surface area contributed by atoms with Gasteiger partial charge in [-0.05, 0) is 49.7 Å². The molecule has 3 heterocycles. The van der Waals surface area contributed by atoms with Crippen LogP contribution in [-0.2, 0) is 6.54 Å². The summed E-state index contributed by atoms with van der Waals surface area (Å²) >= 11 is 1.88. The molecular weight excluding hydrogens is 326 g/mol. The topological polar surface area (TPSA) is 31.9 Å².